The lowest BCUT2D eigenvalue weighted by Crippen LogP contribution is -2.34. The Hall–Kier alpha value is -3.87. The minimum Gasteiger partial charge on any atom is -0.490 e. The second kappa shape index (κ2) is 10.4. The van der Waals surface area contributed by atoms with E-state index in [1.807, 2.05) is 37.3 Å². The predicted octanol–water partition coefficient (Wildman–Crippen LogP) is 4.20. The predicted molar refractivity (Wildman–Crippen MR) is 125 cm³/mol. The van der Waals surface area contributed by atoms with Gasteiger partial charge in [0, 0.05) is 36.2 Å². The third kappa shape index (κ3) is 5.20. The molecule has 176 valence electrons. The highest BCUT2D eigenvalue weighted by molar-refractivity contribution is 6.03. The van der Waals surface area contributed by atoms with E-state index < -0.39 is 17.9 Å². The monoisotopic (exact) mass is 461 g/mol. The molecular formula is C27H27NO6. The summed E-state index contributed by atoms with van der Waals surface area (Å²) in [5.41, 5.74) is 3.27. The number of carbonyl (C=O) groups excluding carboxylic acids is 3. The molecule has 1 heterocycles. The molecule has 0 saturated heterocycles. The van der Waals surface area contributed by atoms with Crippen LogP contribution < -0.4 is 14.8 Å². The van der Waals surface area contributed by atoms with E-state index >= 15 is 0 Å². The average molecular weight is 462 g/mol. The van der Waals surface area contributed by atoms with Crippen LogP contribution >= 0.6 is 0 Å². The summed E-state index contributed by atoms with van der Waals surface area (Å²) in [6.07, 6.45) is 1.95. The van der Waals surface area contributed by atoms with Crippen LogP contribution in [0.15, 0.2) is 77.1 Å². The van der Waals surface area contributed by atoms with Crippen molar-refractivity contribution in [2.45, 2.75) is 39.0 Å². The topological polar surface area (TPSA) is 90.9 Å². The zero-order valence-corrected chi connectivity index (χ0v) is 19.3. The first-order valence-electron chi connectivity index (χ1n) is 11.3. The van der Waals surface area contributed by atoms with Gasteiger partial charge in [0.1, 0.15) is 24.7 Å². The van der Waals surface area contributed by atoms with E-state index in [2.05, 4.69) is 5.32 Å². The van der Waals surface area contributed by atoms with E-state index in [4.69, 9.17) is 14.2 Å². The molecule has 7 heteroatoms. The van der Waals surface area contributed by atoms with E-state index in [9.17, 15) is 14.4 Å². The molecule has 1 atom stereocenters. The van der Waals surface area contributed by atoms with Crippen molar-refractivity contribution in [3.05, 3.63) is 82.7 Å². The molecule has 0 unspecified atom stereocenters. The molecule has 0 bridgehead atoms. The smallest absolute Gasteiger partial charge is 0.336 e. The lowest BCUT2D eigenvalue weighted by atomic mass is 9.75. The van der Waals surface area contributed by atoms with Crippen molar-refractivity contribution in [1.29, 1.82) is 0 Å². The SMILES string of the molecule is CC(=O)Oc1ccc([C@H]2C(C(=O)OCCOc3ccccc3)=C(C)NC3=C2C(=O)CCC3)cc1. The Balaban J connectivity index is 1.56. The molecular weight excluding hydrogens is 434 g/mol. The Bertz CT molecular complexity index is 1150. The number of benzene rings is 2. The summed E-state index contributed by atoms with van der Waals surface area (Å²) < 4.78 is 16.3. The van der Waals surface area contributed by atoms with Gasteiger partial charge in [0.05, 0.1) is 5.57 Å². The summed E-state index contributed by atoms with van der Waals surface area (Å²) in [5.74, 6) is -0.356. The summed E-state index contributed by atoms with van der Waals surface area (Å²) in [4.78, 5) is 37.4. The molecule has 2 aromatic carbocycles. The summed E-state index contributed by atoms with van der Waals surface area (Å²) >= 11 is 0. The van der Waals surface area contributed by atoms with E-state index in [0.29, 0.717) is 34.8 Å². The average Bonchev–Trinajstić information content (AvgIpc) is 2.82. The molecule has 1 aliphatic carbocycles. The maximum atomic E-state index is 13.2. The van der Waals surface area contributed by atoms with E-state index in [0.717, 1.165) is 24.1 Å². The third-order valence-corrected chi connectivity index (χ3v) is 5.80. The third-order valence-electron chi connectivity index (χ3n) is 5.80. The number of para-hydroxylation sites is 1. The van der Waals surface area contributed by atoms with Crippen molar-refractivity contribution in [3.63, 3.8) is 0 Å². The number of ether oxygens (including phenoxy) is 3. The molecule has 34 heavy (non-hydrogen) atoms. The largest absolute Gasteiger partial charge is 0.490 e. The van der Waals surface area contributed by atoms with Gasteiger partial charge < -0.3 is 19.5 Å². The highest BCUT2D eigenvalue weighted by Gasteiger charge is 2.39. The number of carbonyl (C=O) groups is 3. The highest BCUT2D eigenvalue weighted by Crippen LogP contribution is 2.42. The van der Waals surface area contributed by atoms with Crippen LogP contribution in [0.4, 0.5) is 0 Å². The molecule has 0 aromatic heterocycles. The van der Waals surface area contributed by atoms with Crippen LogP contribution in [0, 0.1) is 0 Å². The number of allylic oxidation sites excluding steroid dienone is 3. The lowest BCUT2D eigenvalue weighted by molar-refractivity contribution is -0.140. The second-order valence-electron chi connectivity index (χ2n) is 8.23. The maximum absolute atomic E-state index is 13.2. The van der Waals surface area contributed by atoms with Gasteiger partial charge in [-0.3, -0.25) is 9.59 Å². The molecule has 0 saturated carbocycles. The van der Waals surface area contributed by atoms with Gasteiger partial charge in [-0.25, -0.2) is 4.79 Å². The van der Waals surface area contributed by atoms with Crippen molar-refractivity contribution in [2.24, 2.45) is 0 Å². The standard InChI is InChI=1S/C27H27NO6/c1-17-24(27(31)33-16-15-32-20-7-4-3-5-8-20)25(26-22(28-17)9-6-10-23(26)30)19-11-13-21(14-12-19)34-18(2)29/h3-5,7-8,11-14,25,28H,6,9-10,15-16H2,1-2H3/t25-/m0/s1. The summed E-state index contributed by atoms with van der Waals surface area (Å²) in [5, 5.41) is 3.27. The number of hydrogen-bond acceptors (Lipinski definition) is 7. The number of nitrogens with one attached hydrogen (secondary N) is 1. The van der Waals surface area contributed by atoms with Crippen molar-refractivity contribution in [2.75, 3.05) is 13.2 Å². The van der Waals surface area contributed by atoms with Gasteiger partial charge in [-0.15, -0.1) is 0 Å². The Labute approximate surface area is 198 Å². The molecule has 1 aliphatic heterocycles. The zero-order chi connectivity index (χ0) is 24.1. The molecule has 7 nitrogen and oxygen atoms in total. The molecule has 0 spiro atoms. The fraction of sp³-hybridized carbons (Fsp3) is 0.296. The highest BCUT2D eigenvalue weighted by atomic mass is 16.6. The Morgan fingerprint density at radius 3 is 2.41 bits per heavy atom. The molecule has 0 amide bonds. The normalized spacial score (nSPS) is 17.6. The molecule has 4 rings (SSSR count). The minimum absolute atomic E-state index is 0.0213. The molecule has 0 radical (unpaired) electrons. The van der Waals surface area contributed by atoms with Crippen LogP contribution in [0.1, 0.15) is 44.6 Å². The molecule has 2 aliphatic rings. The molecule has 0 fully saturated rings. The van der Waals surface area contributed by atoms with Crippen molar-refractivity contribution < 1.29 is 28.6 Å². The van der Waals surface area contributed by atoms with E-state index in [1.54, 1.807) is 24.3 Å². The van der Waals surface area contributed by atoms with Crippen LogP contribution in [0.5, 0.6) is 11.5 Å². The number of ketones is 1. The zero-order valence-electron chi connectivity index (χ0n) is 19.3. The Kier molecular flexibility index (Phi) is 7.11. The van der Waals surface area contributed by atoms with Gasteiger partial charge in [-0.1, -0.05) is 30.3 Å². The van der Waals surface area contributed by atoms with Gasteiger partial charge in [-0.05, 0) is 49.6 Å². The molecule has 1 N–H and O–H groups in total. The first-order chi connectivity index (χ1) is 16.4. The van der Waals surface area contributed by atoms with Crippen LogP contribution in [0.3, 0.4) is 0 Å². The van der Waals surface area contributed by atoms with Gasteiger partial charge in [0.2, 0.25) is 0 Å². The van der Waals surface area contributed by atoms with Gasteiger partial charge in [0.15, 0.2) is 5.78 Å². The van der Waals surface area contributed by atoms with E-state index in [-0.39, 0.29) is 19.0 Å². The number of rotatable bonds is 7. The first-order valence-corrected chi connectivity index (χ1v) is 11.3. The van der Waals surface area contributed by atoms with Gasteiger partial charge in [0.25, 0.3) is 0 Å². The summed E-state index contributed by atoms with van der Waals surface area (Å²) in [7, 11) is 0. The van der Waals surface area contributed by atoms with Crippen LogP contribution in [-0.2, 0) is 19.1 Å². The summed E-state index contributed by atoms with van der Waals surface area (Å²) in [6.45, 7) is 3.44. The first kappa shape index (κ1) is 23.3. The van der Waals surface area contributed by atoms with Crippen LogP contribution in [-0.4, -0.2) is 30.9 Å². The molecule has 2 aromatic rings. The number of esters is 2. The van der Waals surface area contributed by atoms with Crippen molar-refractivity contribution in [3.8, 4) is 11.5 Å². The number of dihydropyridines is 1. The number of Topliss-reactive ketones (excluding diaryl/α,β-unsaturated/α-hetero) is 1. The van der Waals surface area contributed by atoms with Crippen molar-refractivity contribution in [1.82, 2.24) is 5.32 Å². The minimum atomic E-state index is -0.557. The lowest BCUT2D eigenvalue weighted by Gasteiger charge is -2.34. The van der Waals surface area contributed by atoms with Crippen molar-refractivity contribution >= 4 is 17.7 Å². The Morgan fingerprint density at radius 1 is 0.971 bits per heavy atom. The fourth-order valence-electron chi connectivity index (χ4n) is 4.37. The Morgan fingerprint density at radius 2 is 1.71 bits per heavy atom. The maximum Gasteiger partial charge on any atom is 0.336 e. The summed E-state index contributed by atoms with van der Waals surface area (Å²) in [6, 6.07) is 16.2. The van der Waals surface area contributed by atoms with Crippen LogP contribution in [0.25, 0.3) is 0 Å². The van der Waals surface area contributed by atoms with Gasteiger partial charge >= 0.3 is 11.9 Å². The fourth-order valence-corrected chi connectivity index (χ4v) is 4.37. The van der Waals surface area contributed by atoms with Gasteiger partial charge in [-0.2, -0.15) is 0 Å². The van der Waals surface area contributed by atoms with Crippen LogP contribution in [0.2, 0.25) is 0 Å². The van der Waals surface area contributed by atoms with E-state index in [1.165, 1.54) is 6.92 Å². The quantitative estimate of drug-likeness (QED) is 0.375. The second-order valence-corrected chi connectivity index (χ2v) is 8.23. The number of hydrogen-bond donors (Lipinski definition) is 1.